The van der Waals surface area contributed by atoms with Gasteiger partial charge in [0.15, 0.2) is 38.2 Å². The molecule has 102 heavy (non-hydrogen) atoms. The summed E-state index contributed by atoms with van der Waals surface area (Å²) in [6, 6.07) is 22.5. The van der Waals surface area contributed by atoms with Gasteiger partial charge < -0.3 is 45.0 Å². The SMILES string of the molecule is CC(=O)Cl.CC(C)OCCO.CC(C)OCCOc1nc2c(c(=O)n(CCCO)c(=O)n2C)n1Cc1ccc(Cl)cc1.CCCCn1c(=O)c2c(nc(Br)n2Cc2ccc(Cl)cc2)n(C)c1=O.CCCCn1c(=O)c2c(nc(OCCOC(C)C)n2Cc2ccc(Cl)cc2)n(C)c1=O.CCO.[H-].[Na+]. The van der Waals surface area contributed by atoms with Crippen LogP contribution in [0.4, 0.5) is 0 Å². The van der Waals surface area contributed by atoms with Gasteiger partial charge in [0, 0.05) is 76.0 Å². The molecule has 3 N–H and O–H groups in total. The van der Waals surface area contributed by atoms with Crippen molar-refractivity contribution in [3.05, 3.63) is 172 Å². The third kappa shape index (κ3) is 26.7. The number of halogens is 5. The normalized spacial score (nSPS) is 10.9. The molecule has 0 aliphatic heterocycles. The maximum atomic E-state index is 13.3. The van der Waals surface area contributed by atoms with E-state index in [1.165, 1.54) is 29.8 Å². The number of aliphatic hydroxyl groups excluding tert-OH is 3. The van der Waals surface area contributed by atoms with Crippen LogP contribution in [0.25, 0.3) is 33.5 Å². The fourth-order valence-electron chi connectivity index (χ4n) is 9.60. The molecule has 0 bridgehead atoms. The molecule has 6 aromatic heterocycles. The van der Waals surface area contributed by atoms with Crippen LogP contribution < -0.4 is 72.8 Å². The molecule has 9 rings (SSSR count). The van der Waals surface area contributed by atoms with Crippen LogP contribution in [-0.4, -0.2) is 148 Å². The van der Waals surface area contributed by atoms with E-state index in [2.05, 4.69) is 42.5 Å². The number of fused-ring (bicyclic) bond motifs is 3. The Morgan fingerprint density at radius 3 is 1.04 bits per heavy atom. The molecule has 0 spiro atoms. The molecule has 0 saturated heterocycles. The maximum Gasteiger partial charge on any atom is 1.00 e. The van der Waals surface area contributed by atoms with Gasteiger partial charge in [0.1, 0.15) is 13.2 Å². The number of ether oxygens (including phenoxy) is 5. The molecule has 0 fully saturated rings. The number of aliphatic hydroxyl groups is 3. The number of nitrogens with zero attached hydrogens (tertiary/aromatic N) is 12. The van der Waals surface area contributed by atoms with Crippen LogP contribution >= 0.6 is 62.3 Å². The third-order valence-electron chi connectivity index (χ3n) is 14.4. The third-order valence-corrected chi connectivity index (χ3v) is 15.8. The van der Waals surface area contributed by atoms with Crippen LogP contribution in [-0.2, 0) is 79.4 Å². The molecule has 0 aliphatic rings. The van der Waals surface area contributed by atoms with Crippen LogP contribution in [0.5, 0.6) is 12.0 Å². The average Bonchev–Trinajstić information content (AvgIpc) is 1.64. The summed E-state index contributed by atoms with van der Waals surface area (Å²) in [5.41, 5.74) is 2.40. The van der Waals surface area contributed by atoms with Crippen LogP contribution in [0.1, 0.15) is 119 Å². The molecule has 0 unspecified atom stereocenters. The van der Waals surface area contributed by atoms with Crippen molar-refractivity contribution >= 4 is 101 Å². The number of rotatable bonds is 28. The quantitative estimate of drug-likeness (QED) is 0.0206. The summed E-state index contributed by atoms with van der Waals surface area (Å²) in [5.74, 6) is 0. The summed E-state index contributed by atoms with van der Waals surface area (Å²) < 4.78 is 41.2. The van der Waals surface area contributed by atoms with Crippen LogP contribution in [0.15, 0.2) is 106 Å². The summed E-state index contributed by atoms with van der Waals surface area (Å²) in [4.78, 5) is 99.9. The fourth-order valence-corrected chi connectivity index (χ4v) is 10.4. The van der Waals surface area contributed by atoms with Gasteiger partial charge in [0.2, 0.25) is 5.24 Å². The summed E-state index contributed by atoms with van der Waals surface area (Å²) in [7, 11) is 4.82. The van der Waals surface area contributed by atoms with E-state index >= 15 is 0 Å². The molecular weight excluding hydrogens is 1480 g/mol. The number of carbonyl (C=O) groups excluding carboxylic acids is 1. The predicted octanol–water partition coefficient (Wildman–Crippen LogP) is 6.44. The van der Waals surface area contributed by atoms with Gasteiger partial charge in [-0.05, 0) is 148 Å². The number of aryl methyl sites for hydroxylation is 3. The average molecular weight is 1580 g/mol. The first kappa shape index (κ1) is 90.0. The van der Waals surface area contributed by atoms with Crippen molar-refractivity contribution in [3.8, 4) is 12.0 Å². The van der Waals surface area contributed by atoms with Gasteiger partial charge in [-0.15, -0.1) is 0 Å². The van der Waals surface area contributed by atoms with Crippen molar-refractivity contribution in [1.82, 2.24) is 56.1 Å². The Kier molecular flexibility index (Phi) is 40.5. The molecule has 0 atom stereocenters. The van der Waals surface area contributed by atoms with E-state index in [9.17, 15) is 33.6 Å². The second-order valence-corrected chi connectivity index (χ2v) is 26.0. The van der Waals surface area contributed by atoms with Gasteiger partial charge in [-0.2, -0.15) is 9.97 Å². The standard InChI is InChI=1S/C22H29ClN4O4.C21H27ClN4O5.C17H18BrClN4O2.C5H12O2.C2H3ClO.C2H6O.Na.H/c1-5-6-11-26-20(28)18-19(25(4)22(26)29)24-21(31-13-12-30-15(2)3)27(18)14-16-7-9-17(23)10-8-16;1-14(2)30-11-12-31-20-23-18-17(26(20)13-15-5-7-16(22)8-6-15)19(28)25(9-4-10-27)21(29)24(18)3;1-3-4-9-22-15(24)13-14(21(2)17(22)25)20-16(18)23(13)10-11-5-7-12(19)8-6-11;1-5(2)7-4-3-6;1-2(3)4;1-2-3;;/h7-10,15H,5-6,11-14H2,1-4H3;5-8,14,27H,4,9-13H2,1-3H3;5-8H,3-4,9-10H2,1-2H3;5-6H,3-4H2,1-2H3;1H3;3H,2H2,1H3;;/q;;;;;;+1;-1. The zero-order chi connectivity index (χ0) is 75.2. The van der Waals surface area contributed by atoms with Crippen molar-refractivity contribution in [3.63, 3.8) is 0 Å². The van der Waals surface area contributed by atoms with Crippen LogP contribution in [0, 0.1) is 0 Å². The topological polar surface area (TPSA) is 309 Å². The number of imidazole rings is 3. The number of carbonyl (C=O) groups is 1. The van der Waals surface area contributed by atoms with E-state index in [-0.39, 0.29) is 140 Å². The Bertz CT molecular complexity index is 4270. The summed E-state index contributed by atoms with van der Waals surface area (Å²) in [6.07, 6.45) is 3.98. The predicted molar refractivity (Wildman–Crippen MR) is 400 cm³/mol. The molecule has 9 aromatic rings. The molecule has 33 heteroatoms. The fraction of sp³-hybridized carbons (Fsp3) is 0.507. The van der Waals surface area contributed by atoms with Gasteiger partial charge in [-0.3, -0.25) is 55.7 Å². The van der Waals surface area contributed by atoms with Crippen LogP contribution in [0.2, 0.25) is 15.1 Å². The van der Waals surface area contributed by atoms with E-state index in [1.807, 2.05) is 91.8 Å². The van der Waals surface area contributed by atoms with E-state index < -0.39 is 11.2 Å². The Labute approximate surface area is 643 Å². The number of aromatic nitrogens is 12. The first-order valence-electron chi connectivity index (χ1n) is 33.1. The summed E-state index contributed by atoms with van der Waals surface area (Å²) >= 11 is 26.0. The van der Waals surface area contributed by atoms with Crippen molar-refractivity contribution < 1.29 is 74.8 Å². The molecule has 6 heterocycles. The summed E-state index contributed by atoms with van der Waals surface area (Å²) in [5, 5.41) is 26.4. The zero-order valence-corrected chi connectivity index (χ0v) is 67.2. The molecule has 0 aliphatic carbocycles. The first-order chi connectivity index (χ1) is 48.0. The Balaban J connectivity index is 0.000000477. The molecule has 558 valence electrons. The second kappa shape index (κ2) is 45.9. The van der Waals surface area contributed by atoms with Crippen molar-refractivity contribution in [2.75, 3.05) is 52.9 Å². The smallest absolute Gasteiger partial charge is 1.00 e. The molecule has 0 saturated carbocycles. The van der Waals surface area contributed by atoms with Crippen molar-refractivity contribution in [1.29, 1.82) is 0 Å². The van der Waals surface area contributed by atoms with E-state index in [0.29, 0.717) is 101 Å². The zero-order valence-electron chi connectivity index (χ0n) is 61.6. The monoisotopic (exact) mass is 1570 g/mol. The number of unbranched alkanes of at least 4 members (excludes halogenated alkanes) is 2. The molecule has 0 radical (unpaired) electrons. The van der Waals surface area contributed by atoms with Gasteiger partial charge in [0.25, 0.3) is 28.7 Å². The minimum absolute atomic E-state index is 0. The van der Waals surface area contributed by atoms with Gasteiger partial charge in [-0.25, -0.2) is 19.4 Å². The van der Waals surface area contributed by atoms with Gasteiger partial charge in [-0.1, -0.05) is 97.9 Å². The molecule has 0 amide bonds. The van der Waals surface area contributed by atoms with Crippen LogP contribution in [0.3, 0.4) is 0 Å². The Hall–Kier alpha value is -6.22. The Morgan fingerprint density at radius 2 is 0.755 bits per heavy atom. The number of benzene rings is 3. The molecule has 27 nitrogen and oxygen atoms in total. The largest absolute Gasteiger partial charge is 1.00 e. The molecular formula is C69H96BrCl4N12NaO15. The minimum Gasteiger partial charge on any atom is -1.00 e. The Morgan fingerprint density at radius 1 is 0.471 bits per heavy atom. The first-order valence-corrected chi connectivity index (χ1v) is 35.4. The van der Waals surface area contributed by atoms with Gasteiger partial charge in [0.05, 0.1) is 64.4 Å². The number of hydrogen-bond donors (Lipinski definition) is 3. The van der Waals surface area contributed by atoms with E-state index in [1.54, 1.807) is 78.2 Å². The molecule has 3 aromatic carbocycles. The van der Waals surface area contributed by atoms with Crippen molar-refractivity contribution in [2.45, 2.75) is 159 Å². The van der Waals surface area contributed by atoms with E-state index in [0.717, 1.165) is 46.9 Å². The summed E-state index contributed by atoms with van der Waals surface area (Å²) in [6.45, 7) is 22.6. The van der Waals surface area contributed by atoms with E-state index in [4.69, 9.17) is 73.8 Å². The second-order valence-electron chi connectivity index (χ2n) is 23.5. The number of hydrogen-bond acceptors (Lipinski definition) is 18. The minimum atomic E-state index is -0.489. The van der Waals surface area contributed by atoms with Gasteiger partial charge >= 0.3 is 46.6 Å². The van der Waals surface area contributed by atoms with Crippen molar-refractivity contribution in [2.24, 2.45) is 21.1 Å². The maximum absolute atomic E-state index is 13.3.